The number of rotatable bonds is 7. The highest BCUT2D eigenvalue weighted by Gasteiger charge is 2.03. The fourth-order valence-corrected chi connectivity index (χ4v) is 2.59. The van der Waals surface area contributed by atoms with E-state index < -0.39 is 0 Å². The van der Waals surface area contributed by atoms with Gasteiger partial charge in [0, 0.05) is 31.1 Å². The zero-order valence-electron chi connectivity index (χ0n) is 12.5. The average Bonchev–Trinajstić information content (AvgIpc) is 2.90. The molecular formula is C16H23N3S. The smallest absolute Gasteiger partial charge is 0.0795 e. The Balaban J connectivity index is 1.83. The monoisotopic (exact) mass is 289 g/mol. The summed E-state index contributed by atoms with van der Waals surface area (Å²) in [6.45, 7) is 7.13. The van der Waals surface area contributed by atoms with Crippen LogP contribution in [0.2, 0.25) is 0 Å². The number of hydrogen-bond donors (Lipinski definition) is 1. The lowest BCUT2D eigenvalue weighted by Crippen LogP contribution is -2.21. The standard InChI is InChI=1S/C16H23N3S/c1-13(2)17-8-14-4-6-15(7-5-14)9-19(3)10-16-11-20-12-18-16/h4-7,11-13,17H,8-10H2,1-3H3. The second kappa shape index (κ2) is 7.53. The van der Waals surface area contributed by atoms with E-state index in [1.165, 1.54) is 11.1 Å². The zero-order valence-corrected chi connectivity index (χ0v) is 13.3. The van der Waals surface area contributed by atoms with Gasteiger partial charge < -0.3 is 5.32 Å². The summed E-state index contributed by atoms with van der Waals surface area (Å²) >= 11 is 1.65. The van der Waals surface area contributed by atoms with Crippen molar-refractivity contribution >= 4 is 11.3 Å². The molecule has 0 bridgehead atoms. The molecular weight excluding hydrogens is 266 g/mol. The molecule has 0 fully saturated rings. The number of benzene rings is 1. The first-order chi connectivity index (χ1) is 9.63. The number of thiazole rings is 1. The lowest BCUT2D eigenvalue weighted by molar-refractivity contribution is 0.316. The lowest BCUT2D eigenvalue weighted by Gasteiger charge is -2.15. The van der Waals surface area contributed by atoms with Crippen LogP contribution in [0.25, 0.3) is 0 Å². The van der Waals surface area contributed by atoms with Crippen LogP contribution in [0.15, 0.2) is 35.2 Å². The van der Waals surface area contributed by atoms with Gasteiger partial charge in [-0.15, -0.1) is 11.3 Å². The van der Waals surface area contributed by atoms with Crippen molar-refractivity contribution in [2.75, 3.05) is 7.05 Å². The van der Waals surface area contributed by atoms with Gasteiger partial charge in [-0.1, -0.05) is 38.1 Å². The predicted octanol–water partition coefficient (Wildman–Crippen LogP) is 3.27. The summed E-state index contributed by atoms with van der Waals surface area (Å²) in [5.41, 5.74) is 5.72. The molecule has 0 radical (unpaired) electrons. The maximum Gasteiger partial charge on any atom is 0.0795 e. The molecule has 0 aliphatic carbocycles. The highest BCUT2D eigenvalue weighted by atomic mass is 32.1. The highest BCUT2D eigenvalue weighted by Crippen LogP contribution is 2.10. The number of nitrogens with one attached hydrogen (secondary N) is 1. The molecule has 4 heteroatoms. The van der Waals surface area contributed by atoms with Gasteiger partial charge in [-0.05, 0) is 18.2 Å². The largest absolute Gasteiger partial charge is 0.310 e. The molecule has 1 heterocycles. The minimum absolute atomic E-state index is 0.527. The van der Waals surface area contributed by atoms with Gasteiger partial charge in [-0.2, -0.15) is 0 Å². The van der Waals surface area contributed by atoms with Gasteiger partial charge in [-0.25, -0.2) is 4.98 Å². The van der Waals surface area contributed by atoms with Crippen LogP contribution in [0.4, 0.5) is 0 Å². The molecule has 0 atom stereocenters. The van der Waals surface area contributed by atoms with Crippen molar-refractivity contribution in [2.24, 2.45) is 0 Å². The quantitative estimate of drug-likeness (QED) is 0.848. The van der Waals surface area contributed by atoms with Crippen molar-refractivity contribution in [1.82, 2.24) is 15.2 Å². The molecule has 3 nitrogen and oxygen atoms in total. The van der Waals surface area contributed by atoms with Crippen LogP contribution in [0, 0.1) is 0 Å². The molecule has 2 aromatic rings. The van der Waals surface area contributed by atoms with Crippen molar-refractivity contribution < 1.29 is 0 Å². The molecule has 20 heavy (non-hydrogen) atoms. The first-order valence-corrected chi connectivity index (χ1v) is 7.94. The maximum absolute atomic E-state index is 4.32. The van der Waals surface area contributed by atoms with Gasteiger partial charge in [0.1, 0.15) is 0 Å². The van der Waals surface area contributed by atoms with Gasteiger partial charge in [0.25, 0.3) is 0 Å². The Morgan fingerprint density at radius 3 is 2.45 bits per heavy atom. The Hall–Kier alpha value is -1.23. The summed E-state index contributed by atoms with van der Waals surface area (Å²) in [7, 11) is 2.13. The molecule has 0 saturated carbocycles. The van der Waals surface area contributed by atoms with E-state index in [0.29, 0.717) is 6.04 Å². The Bertz CT molecular complexity index is 491. The second-order valence-corrected chi connectivity index (χ2v) is 6.22. The normalized spacial score (nSPS) is 11.4. The van der Waals surface area contributed by atoms with Crippen LogP contribution in [0.3, 0.4) is 0 Å². The van der Waals surface area contributed by atoms with Crippen LogP contribution in [0.5, 0.6) is 0 Å². The van der Waals surface area contributed by atoms with Gasteiger partial charge in [0.05, 0.1) is 11.2 Å². The summed E-state index contributed by atoms with van der Waals surface area (Å²) in [6, 6.07) is 9.38. The van der Waals surface area contributed by atoms with E-state index in [0.717, 1.165) is 25.3 Å². The number of aromatic nitrogens is 1. The van der Waals surface area contributed by atoms with Crippen molar-refractivity contribution in [3.8, 4) is 0 Å². The Labute approximate surface area is 125 Å². The zero-order chi connectivity index (χ0) is 14.4. The van der Waals surface area contributed by atoms with Gasteiger partial charge in [-0.3, -0.25) is 4.90 Å². The highest BCUT2D eigenvalue weighted by molar-refractivity contribution is 7.07. The fourth-order valence-electron chi connectivity index (χ4n) is 2.04. The molecule has 0 spiro atoms. The van der Waals surface area contributed by atoms with Gasteiger partial charge in [0.15, 0.2) is 0 Å². The molecule has 1 aromatic heterocycles. The van der Waals surface area contributed by atoms with Crippen LogP contribution < -0.4 is 5.32 Å². The van der Waals surface area contributed by atoms with Gasteiger partial charge in [0.2, 0.25) is 0 Å². The molecule has 0 amide bonds. The molecule has 0 aliphatic rings. The SMILES string of the molecule is CC(C)NCc1ccc(CN(C)Cc2cscn2)cc1. The Morgan fingerprint density at radius 2 is 1.85 bits per heavy atom. The maximum atomic E-state index is 4.32. The summed E-state index contributed by atoms with van der Waals surface area (Å²) in [5.74, 6) is 0. The molecule has 1 N–H and O–H groups in total. The first kappa shape index (κ1) is 15.2. The Morgan fingerprint density at radius 1 is 1.15 bits per heavy atom. The van der Waals surface area contributed by atoms with E-state index in [1.807, 2.05) is 5.51 Å². The van der Waals surface area contributed by atoms with Crippen LogP contribution in [-0.4, -0.2) is 23.0 Å². The van der Waals surface area contributed by atoms with Crippen molar-refractivity contribution in [1.29, 1.82) is 0 Å². The summed E-state index contributed by atoms with van der Waals surface area (Å²) < 4.78 is 0. The molecule has 0 aliphatic heterocycles. The van der Waals surface area contributed by atoms with Crippen molar-refractivity contribution in [3.63, 3.8) is 0 Å². The summed E-state index contributed by atoms with van der Waals surface area (Å²) in [6.07, 6.45) is 0. The van der Waals surface area contributed by atoms with E-state index in [1.54, 1.807) is 11.3 Å². The number of nitrogens with zero attached hydrogens (tertiary/aromatic N) is 2. The molecule has 1 aromatic carbocycles. The summed E-state index contributed by atoms with van der Waals surface area (Å²) in [5, 5.41) is 5.54. The second-order valence-electron chi connectivity index (χ2n) is 5.50. The molecule has 0 unspecified atom stereocenters. The van der Waals surface area contributed by atoms with Crippen LogP contribution in [-0.2, 0) is 19.6 Å². The van der Waals surface area contributed by atoms with Crippen molar-refractivity contribution in [2.45, 2.75) is 39.5 Å². The topological polar surface area (TPSA) is 28.2 Å². The molecule has 108 valence electrons. The summed E-state index contributed by atoms with van der Waals surface area (Å²) in [4.78, 5) is 6.61. The van der Waals surface area contributed by atoms with E-state index in [2.05, 4.69) is 65.7 Å². The third-order valence-electron chi connectivity index (χ3n) is 3.11. The van der Waals surface area contributed by atoms with Crippen LogP contribution >= 0.6 is 11.3 Å². The van der Waals surface area contributed by atoms with E-state index >= 15 is 0 Å². The number of hydrogen-bond acceptors (Lipinski definition) is 4. The van der Waals surface area contributed by atoms with Gasteiger partial charge >= 0.3 is 0 Å². The minimum Gasteiger partial charge on any atom is -0.310 e. The fraction of sp³-hybridized carbons (Fsp3) is 0.438. The van der Waals surface area contributed by atoms with E-state index in [9.17, 15) is 0 Å². The van der Waals surface area contributed by atoms with Crippen LogP contribution in [0.1, 0.15) is 30.7 Å². The van der Waals surface area contributed by atoms with E-state index in [-0.39, 0.29) is 0 Å². The minimum atomic E-state index is 0.527. The Kier molecular flexibility index (Phi) is 5.71. The average molecular weight is 289 g/mol. The van der Waals surface area contributed by atoms with E-state index in [4.69, 9.17) is 0 Å². The molecule has 2 rings (SSSR count). The third kappa shape index (κ3) is 5.04. The predicted molar refractivity (Wildman–Crippen MR) is 85.7 cm³/mol. The lowest BCUT2D eigenvalue weighted by atomic mass is 10.1. The van der Waals surface area contributed by atoms with Crippen molar-refractivity contribution in [3.05, 3.63) is 52.0 Å². The molecule has 0 saturated heterocycles. The third-order valence-corrected chi connectivity index (χ3v) is 3.74. The first-order valence-electron chi connectivity index (χ1n) is 7.00.